The predicted molar refractivity (Wildman–Crippen MR) is 57.8 cm³/mol. The molecule has 0 aromatic carbocycles. The quantitative estimate of drug-likeness (QED) is 0.556. The second-order valence-electron chi connectivity index (χ2n) is 5.61. The molecule has 0 aromatic rings. The molecule has 0 nitrogen and oxygen atoms in total. The highest BCUT2D eigenvalue weighted by Crippen LogP contribution is 2.60. The summed E-state index contributed by atoms with van der Waals surface area (Å²) in [6.45, 7) is 4.98. The minimum atomic E-state index is 0.696. The third-order valence-electron chi connectivity index (χ3n) is 5.26. The third-order valence-corrected chi connectivity index (χ3v) is 5.26. The van der Waals surface area contributed by atoms with Gasteiger partial charge in [-0.05, 0) is 36.5 Å². The Labute approximate surface area is 83.1 Å². The van der Waals surface area contributed by atoms with Gasteiger partial charge < -0.3 is 0 Å². The molecule has 0 unspecified atom stereocenters. The molecular weight excluding hydrogens is 156 g/mol. The lowest BCUT2D eigenvalue weighted by Gasteiger charge is -2.50. The minimum absolute atomic E-state index is 0.696. The van der Waals surface area contributed by atoms with Crippen LogP contribution < -0.4 is 0 Å². The Bertz CT molecular complexity index is 176. The summed E-state index contributed by atoms with van der Waals surface area (Å²) in [5.41, 5.74) is 1.47. The van der Waals surface area contributed by atoms with Crippen molar-refractivity contribution in [2.24, 2.45) is 10.8 Å². The van der Waals surface area contributed by atoms with Gasteiger partial charge in [-0.1, -0.05) is 46.0 Å². The summed E-state index contributed by atoms with van der Waals surface area (Å²) in [6.07, 6.45) is 13.6. The van der Waals surface area contributed by atoms with E-state index in [1.165, 1.54) is 57.8 Å². The lowest BCUT2D eigenvalue weighted by atomic mass is 9.55. The molecule has 0 heterocycles. The van der Waals surface area contributed by atoms with E-state index in [0.29, 0.717) is 5.41 Å². The highest BCUT2D eigenvalue weighted by Gasteiger charge is 2.49. The van der Waals surface area contributed by atoms with Crippen LogP contribution in [0.5, 0.6) is 0 Å². The topological polar surface area (TPSA) is 0 Å². The summed E-state index contributed by atoms with van der Waals surface area (Å²) in [7, 11) is 0. The molecule has 1 spiro atoms. The normalized spacial score (nSPS) is 38.3. The fourth-order valence-corrected chi connectivity index (χ4v) is 4.00. The molecule has 0 heteroatoms. The van der Waals surface area contributed by atoms with Crippen LogP contribution in [0.4, 0.5) is 0 Å². The van der Waals surface area contributed by atoms with Crippen molar-refractivity contribution < 1.29 is 0 Å². The zero-order valence-electron chi connectivity index (χ0n) is 9.36. The summed E-state index contributed by atoms with van der Waals surface area (Å²) in [5.74, 6) is 0. The van der Waals surface area contributed by atoms with Crippen molar-refractivity contribution >= 4 is 0 Å². The summed E-state index contributed by atoms with van der Waals surface area (Å²) in [4.78, 5) is 0. The molecule has 2 aliphatic carbocycles. The van der Waals surface area contributed by atoms with Crippen molar-refractivity contribution in [2.75, 3.05) is 0 Å². The second-order valence-corrected chi connectivity index (χ2v) is 5.61. The lowest BCUT2D eigenvalue weighted by molar-refractivity contribution is 0.00164. The van der Waals surface area contributed by atoms with Crippen LogP contribution in [0.3, 0.4) is 0 Å². The fraction of sp³-hybridized carbons (Fsp3) is 1.00. The molecule has 0 aliphatic heterocycles. The first kappa shape index (κ1) is 9.55. The van der Waals surface area contributed by atoms with Gasteiger partial charge in [-0.2, -0.15) is 0 Å². The average Bonchev–Trinajstić information content (AvgIpc) is 2.61. The molecule has 0 saturated heterocycles. The molecule has 0 radical (unpaired) electrons. The van der Waals surface area contributed by atoms with E-state index in [1.807, 2.05) is 0 Å². The van der Waals surface area contributed by atoms with Gasteiger partial charge in [0.25, 0.3) is 0 Å². The first-order valence-electron chi connectivity index (χ1n) is 6.22. The summed E-state index contributed by atoms with van der Waals surface area (Å²) in [6, 6.07) is 0. The first-order chi connectivity index (χ1) is 6.22. The van der Waals surface area contributed by atoms with Crippen molar-refractivity contribution in [3.63, 3.8) is 0 Å². The Balaban J connectivity index is 2.21. The van der Waals surface area contributed by atoms with Gasteiger partial charge in [0.2, 0.25) is 0 Å². The van der Waals surface area contributed by atoms with Gasteiger partial charge in [0.1, 0.15) is 0 Å². The van der Waals surface area contributed by atoms with Gasteiger partial charge in [-0.3, -0.25) is 0 Å². The Morgan fingerprint density at radius 3 is 1.77 bits per heavy atom. The highest BCUT2D eigenvalue weighted by molar-refractivity contribution is 4.99. The maximum Gasteiger partial charge on any atom is -0.0244 e. The number of hydrogen-bond donors (Lipinski definition) is 0. The summed E-state index contributed by atoms with van der Waals surface area (Å²) >= 11 is 0. The van der Waals surface area contributed by atoms with Gasteiger partial charge in [-0.15, -0.1) is 0 Å². The van der Waals surface area contributed by atoms with E-state index in [0.717, 1.165) is 5.41 Å². The zero-order chi connectivity index (χ0) is 9.36. The van der Waals surface area contributed by atoms with E-state index in [1.54, 1.807) is 0 Å². The Morgan fingerprint density at radius 1 is 0.846 bits per heavy atom. The fourth-order valence-electron chi connectivity index (χ4n) is 4.00. The molecule has 2 rings (SSSR count). The van der Waals surface area contributed by atoms with Crippen LogP contribution in [0.25, 0.3) is 0 Å². The summed E-state index contributed by atoms with van der Waals surface area (Å²) in [5, 5.41) is 0. The maximum atomic E-state index is 2.57. The molecule has 0 bridgehead atoms. The van der Waals surface area contributed by atoms with E-state index >= 15 is 0 Å². The number of rotatable bonds is 1. The van der Waals surface area contributed by atoms with Gasteiger partial charge >= 0.3 is 0 Å². The van der Waals surface area contributed by atoms with Crippen LogP contribution in [-0.2, 0) is 0 Å². The van der Waals surface area contributed by atoms with Crippen LogP contribution in [0.15, 0.2) is 0 Å². The van der Waals surface area contributed by atoms with Crippen LogP contribution >= 0.6 is 0 Å². The maximum absolute atomic E-state index is 2.57. The Kier molecular flexibility index (Phi) is 2.42. The molecule has 0 N–H and O–H groups in total. The zero-order valence-corrected chi connectivity index (χ0v) is 9.36. The third kappa shape index (κ3) is 1.33. The van der Waals surface area contributed by atoms with Crippen LogP contribution in [0, 0.1) is 10.8 Å². The Hall–Kier alpha value is 0. The molecule has 2 aliphatic rings. The first-order valence-corrected chi connectivity index (χ1v) is 6.22. The smallest absolute Gasteiger partial charge is 0.0244 e. The van der Waals surface area contributed by atoms with Gasteiger partial charge in [-0.25, -0.2) is 0 Å². The standard InChI is InChI=1S/C13H24/c1-3-12(2)8-4-5-9-13(12)10-6-7-11-13/h3-11H2,1-2H3/t12-/m1/s1. The molecule has 1 atom stereocenters. The molecule has 13 heavy (non-hydrogen) atoms. The van der Waals surface area contributed by atoms with Crippen LogP contribution in [-0.4, -0.2) is 0 Å². The van der Waals surface area contributed by atoms with Crippen molar-refractivity contribution in [3.05, 3.63) is 0 Å². The van der Waals surface area contributed by atoms with E-state index in [-0.39, 0.29) is 0 Å². The predicted octanol–water partition coefficient (Wildman–Crippen LogP) is 4.54. The largest absolute Gasteiger partial charge is 0.0648 e. The van der Waals surface area contributed by atoms with Crippen molar-refractivity contribution in [1.82, 2.24) is 0 Å². The van der Waals surface area contributed by atoms with Crippen LogP contribution in [0.1, 0.15) is 71.6 Å². The average molecular weight is 180 g/mol. The molecule has 76 valence electrons. The van der Waals surface area contributed by atoms with Gasteiger partial charge in [0.05, 0.1) is 0 Å². The Morgan fingerprint density at radius 2 is 1.31 bits per heavy atom. The van der Waals surface area contributed by atoms with E-state index < -0.39 is 0 Å². The minimum Gasteiger partial charge on any atom is -0.0648 e. The monoisotopic (exact) mass is 180 g/mol. The van der Waals surface area contributed by atoms with Crippen molar-refractivity contribution in [3.8, 4) is 0 Å². The summed E-state index contributed by atoms with van der Waals surface area (Å²) < 4.78 is 0. The molecule has 2 saturated carbocycles. The van der Waals surface area contributed by atoms with Gasteiger partial charge in [0, 0.05) is 0 Å². The molecule has 0 aromatic heterocycles. The van der Waals surface area contributed by atoms with Gasteiger partial charge in [0.15, 0.2) is 0 Å². The lowest BCUT2D eigenvalue weighted by Crippen LogP contribution is -2.40. The highest BCUT2D eigenvalue weighted by atomic mass is 14.5. The van der Waals surface area contributed by atoms with E-state index in [9.17, 15) is 0 Å². The molecule has 0 amide bonds. The van der Waals surface area contributed by atoms with E-state index in [4.69, 9.17) is 0 Å². The molecular formula is C13H24. The van der Waals surface area contributed by atoms with Crippen molar-refractivity contribution in [1.29, 1.82) is 0 Å². The molecule has 2 fully saturated rings. The number of hydrogen-bond acceptors (Lipinski definition) is 0. The van der Waals surface area contributed by atoms with E-state index in [2.05, 4.69) is 13.8 Å². The van der Waals surface area contributed by atoms with Crippen LogP contribution in [0.2, 0.25) is 0 Å². The second kappa shape index (κ2) is 3.29. The SMILES string of the molecule is CC[C@]1(C)CCCCC12CCCC2. The van der Waals surface area contributed by atoms with Crippen molar-refractivity contribution in [2.45, 2.75) is 71.6 Å².